The fourth-order valence-electron chi connectivity index (χ4n) is 2.60. The number of methoxy groups -OCH3 is 1. The van der Waals surface area contributed by atoms with Crippen LogP contribution in [0.4, 0.5) is 14.2 Å². The van der Waals surface area contributed by atoms with Gasteiger partial charge in [0.25, 0.3) is 0 Å². The van der Waals surface area contributed by atoms with Crippen LogP contribution in [0.1, 0.15) is 22.3 Å². The average molecular weight is 449 g/mol. The van der Waals surface area contributed by atoms with Gasteiger partial charge in [-0.1, -0.05) is 0 Å². The molecule has 0 aliphatic heterocycles. The van der Waals surface area contributed by atoms with Gasteiger partial charge in [-0.3, -0.25) is 5.32 Å². The minimum atomic E-state index is -1.32. The molecule has 1 aromatic carbocycles. The van der Waals surface area contributed by atoms with Crippen molar-refractivity contribution in [3.8, 4) is 11.6 Å². The van der Waals surface area contributed by atoms with Gasteiger partial charge >= 0.3 is 12.0 Å². The van der Waals surface area contributed by atoms with E-state index in [9.17, 15) is 19.1 Å². The Morgan fingerprint density at radius 2 is 2.19 bits per heavy atom. The largest absolute Gasteiger partial charge is 0.497 e. The first-order valence-corrected chi connectivity index (χ1v) is 9.94. The van der Waals surface area contributed by atoms with Gasteiger partial charge in [-0.05, 0) is 30.1 Å². The predicted molar refractivity (Wildman–Crippen MR) is 110 cm³/mol. The summed E-state index contributed by atoms with van der Waals surface area (Å²) in [5.41, 5.74) is -0.0947. The lowest BCUT2D eigenvalue weighted by atomic mass is 10.2. The van der Waals surface area contributed by atoms with Crippen LogP contribution < -0.4 is 20.1 Å². The quantitative estimate of drug-likeness (QED) is 0.406. The van der Waals surface area contributed by atoms with E-state index < -0.39 is 17.8 Å². The van der Waals surface area contributed by atoms with Gasteiger partial charge in [-0.2, -0.15) is 4.37 Å². The lowest BCUT2D eigenvalue weighted by Gasteiger charge is -2.08. The molecule has 0 aliphatic carbocycles. The van der Waals surface area contributed by atoms with Crippen LogP contribution in [0.3, 0.4) is 0 Å². The zero-order valence-electron chi connectivity index (χ0n) is 16.5. The van der Waals surface area contributed by atoms with E-state index in [0.29, 0.717) is 25.3 Å². The van der Waals surface area contributed by atoms with Crippen LogP contribution in [-0.4, -0.2) is 44.7 Å². The smallest absolute Gasteiger partial charge is 0.344 e. The Bertz CT molecular complexity index is 1040. The number of carbonyl (C=O) groups is 2. The molecule has 164 valence electrons. The molecule has 2 amide bonds. The van der Waals surface area contributed by atoms with Gasteiger partial charge in [-0.15, -0.1) is 0 Å². The molecular formula is C19H20FN5O5S. The number of carboxylic acids is 1. The summed E-state index contributed by atoms with van der Waals surface area (Å²) in [6.07, 6.45) is 5.83. The van der Waals surface area contributed by atoms with Crippen LogP contribution >= 0.6 is 11.5 Å². The molecule has 0 aliphatic rings. The van der Waals surface area contributed by atoms with Gasteiger partial charge in [0.05, 0.1) is 13.4 Å². The summed E-state index contributed by atoms with van der Waals surface area (Å²) in [7, 11) is 1.42. The maximum absolute atomic E-state index is 14.0. The SMILES string of the molecule is COc1ccc(COc2nsc(NC(=O)NCCCn3ccnc3)c2C(=O)O)c(F)c1. The molecule has 2 aromatic heterocycles. The van der Waals surface area contributed by atoms with E-state index >= 15 is 0 Å². The Labute approximate surface area is 180 Å². The number of ether oxygens (including phenoxy) is 2. The fraction of sp³-hybridized carbons (Fsp3) is 0.263. The van der Waals surface area contributed by atoms with Gasteiger partial charge in [0.15, 0.2) is 5.56 Å². The first-order valence-electron chi connectivity index (χ1n) is 9.16. The number of nitrogens with one attached hydrogen (secondary N) is 2. The highest BCUT2D eigenvalue weighted by Crippen LogP contribution is 2.31. The molecule has 3 aromatic rings. The number of halogens is 1. The van der Waals surface area contributed by atoms with Crippen molar-refractivity contribution >= 4 is 28.5 Å². The van der Waals surface area contributed by atoms with E-state index in [1.807, 2.05) is 10.8 Å². The topological polar surface area (TPSA) is 128 Å². The third kappa shape index (κ3) is 5.92. The number of rotatable bonds is 10. The van der Waals surface area contributed by atoms with Gasteiger partial charge in [0.2, 0.25) is 5.88 Å². The van der Waals surface area contributed by atoms with E-state index in [2.05, 4.69) is 20.0 Å². The number of amides is 2. The van der Waals surface area contributed by atoms with Gasteiger partial charge in [0.1, 0.15) is 23.2 Å². The molecule has 0 fully saturated rings. The summed E-state index contributed by atoms with van der Waals surface area (Å²) in [4.78, 5) is 27.7. The summed E-state index contributed by atoms with van der Waals surface area (Å²) < 4.78 is 30.2. The van der Waals surface area contributed by atoms with Crippen molar-refractivity contribution in [2.45, 2.75) is 19.6 Å². The number of carbonyl (C=O) groups excluding carboxylic acids is 1. The molecule has 3 rings (SSSR count). The third-order valence-corrected chi connectivity index (χ3v) is 4.91. The summed E-state index contributed by atoms with van der Waals surface area (Å²) in [5.74, 6) is -1.74. The van der Waals surface area contributed by atoms with Gasteiger partial charge < -0.3 is 24.5 Å². The number of anilines is 1. The van der Waals surface area contributed by atoms with Crippen LogP contribution in [0.5, 0.6) is 11.6 Å². The zero-order valence-corrected chi connectivity index (χ0v) is 17.3. The normalized spacial score (nSPS) is 10.5. The molecule has 0 atom stereocenters. The molecule has 0 saturated heterocycles. The molecule has 12 heteroatoms. The average Bonchev–Trinajstić information content (AvgIpc) is 3.40. The second-order valence-electron chi connectivity index (χ2n) is 6.28. The Hall–Kier alpha value is -3.67. The van der Waals surface area contributed by atoms with Crippen molar-refractivity contribution in [2.75, 3.05) is 19.0 Å². The molecule has 0 unspecified atom stereocenters. The maximum Gasteiger partial charge on any atom is 0.344 e. The molecule has 3 N–H and O–H groups in total. The number of carboxylic acid groups (broad SMARTS) is 1. The molecule has 0 bridgehead atoms. The minimum absolute atomic E-state index is 0.0183. The summed E-state index contributed by atoms with van der Waals surface area (Å²) in [6, 6.07) is 3.66. The maximum atomic E-state index is 14.0. The van der Waals surface area contributed by atoms with Crippen molar-refractivity contribution < 1.29 is 28.6 Å². The van der Waals surface area contributed by atoms with Crippen molar-refractivity contribution in [1.82, 2.24) is 19.2 Å². The Balaban J connectivity index is 1.56. The van der Waals surface area contributed by atoms with Crippen molar-refractivity contribution in [3.63, 3.8) is 0 Å². The lowest BCUT2D eigenvalue weighted by Crippen LogP contribution is -2.30. The number of benzene rings is 1. The van der Waals surface area contributed by atoms with Crippen LogP contribution in [0.15, 0.2) is 36.9 Å². The van der Waals surface area contributed by atoms with Crippen LogP contribution in [0.25, 0.3) is 0 Å². The van der Waals surface area contributed by atoms with E-state index in [-0.39, 0.29) is 28.6 Å². The number of aromatic carboxylic acids is 1. The number of hydrogen-bond donors (Lipinski definition) is 3. The Kier molecular flexibility index (Phi) is 7.38. The number of imidazole rings is 1. The van der Waals surface area contributed by atoms with Crippen LogP contribution in [0.2, 0.25) is 0 Å². The lowest BCUT2D eigenvalue weighted by molar-refractivity contribution is 0.0693. The highest BCUT2D eigenvalue weighted by atomic mass is 32.1. The first-order chi connectivity index (χ1) is 15.0. The number of nitrogens with zero attached hydrogens (tertiary/aromatic N) is 3. The summed E-state index contributed by atoms with van der Waals surface area (Å²) in [5, 5.41) is 14.6. The number of hydrogen-bond acceptors (Lipinski definition) is 7. The molecular weight excluding hydrogens is 429 g/mol. The molecule has 0 spiro atoms. The van der Waals surface area contributed by atoms with Crippen molar-refractivity contribution in [3.05, 3.63) is 53.9 Å². The van der Waals surface area contributed by atoms with E-state index in [4.69, 9.17) is 9.47 Å². The monoisotopic (exact) mass is 449 g/mol. The van der Waals surface area contributed by atoms with E-state index in [1.54, 1.807) is 18.6 Å². The standard InChI is InChI=1S/C19H20FN5O5S/c1-29-13-4-3-12(14(20)9-13)10-30-16-15(18(26)27)17(31-24-16)23-19(28)22-5-2-7-25-8-6-21-11-25/h3-4,6,8-9,11H,2,5,7,10H2,1H3,(H,26,27)(H2,22,23,28). The Morgan fingerprint density at radius 1 is 1.35 bits per heavy atom. The molecule has 0 saturated carbocycles. The fourth-order valence-corrected chi connectivity index (χ4v) is 3.32. The minimum Gasteiger partial charge on any atom is -0.497 e. The number of aromatic nitrogens is 3. The summed E-state index contributed by atoms with van der Waals surface area (Å²) >= 11 is 0.762. The number of aryl methyl sites for hydroxylation is 1. The third-order valence-electron chi connectivity index (χ3n) is 4.16. The second-order valence-corrected chi connectivity index (χ2v) is 7.05. The second kappa shape index (κ2) is 10.4. The van der Waals surface area contributed by atoms with E-state index in [1.165, 1.54) is 19.2 Å². The highest BCUT2D eigenvalue weighted by molar-refractivity contribution is 7.11. The van der Waals surface area contributed by atoms with Gasteiger partial charge in [0, 0.05) is 37.1 Å². The highest BCUT2D eigenvalue weighted by Gasteiger charge is 2.23. The number of urea groups is 1. The van der Waals surface area contributed by atoms with E-state index in [0.717, 1.165) is 11.5 Å². The van der Waals surface area contributed by atoms with Crippen molar-refractivity contribution in [1.29, 1.82) is 0 Å². The van der Waals surface area contributed by atoms with Crippen molar-refractivity contribution in [2.24, 2.45) is 0 Å². The molecule has 10 nitrogen and oxygen atoms in total. The summed E-state index contributed by atoms with van der Waals surface area (Å²) in [6.45, 7) is 0.826. The first kappa shape index (κ1) is 22.0. The molecule has 0 radical (unpaired) electrons. The molecule has 31 heavy (non-hydrogen) atoms. The van der Waals surface area contributed by atoms with Gasteiger partial charge in [-0.25, -0.2) is 19.0 Å². The molecule has 2 heterocycles. The zero-order chi connectivity index (χ0) is 22.2. The Morgan fingerprint density at radius 3 is 2.87 bits per heavy atom. The van der Waals surface area contributed by atoms with Crippen LogP contribution in [-0.2, 0) is 13.2 Å². The predicted octanol–water partition coefficient (Wildman–Crippen LogP) is 2.98. The van der Waals surface area contributed by atoms with Crippen LogP contribution in [0, 0.1) is 5.82 Å².